The third kappa shape index (κ3) is 5.04. The molecule has 1 amide bonds. The fourth-order valence-electron chi connectivity index (χ4n) is 2.77. The van der Waals surface area contributed by atoms with E-state index in [1.54, 1.807) is 18.3 Å². The molecule has 0 unspecified atom stereocenters. The highest BCUT2D eigenvalue weighted by Gasteiger charge is 2.18. The predicted octanol–water partition coefficient (Wildman–Crippen LogP) is 3.16. The largest absolute Gasteiger partial charge is 0.493 e. The van der Waals surface area contributed by atoms with Gasteiger partial charge >= 0.3 is 0 Å². The number of aromatic nitrogens is 1. The molecule has 0 fully saturated rings. The van der Waals surface area contributed by atoms with Crippen molar-refractivity contribution in [2.75, 3.05) is 31.4 Å². The Morgan fingerprint density at radius 3 is 2.06 bits per heavy atom. The van der Waals surface area contributed by atoms with Crippen LogP contribution in [0.25, 0.3) is 0 Å². The first-order chi connectivity index (χ1) is 14.9. The summed E-state index contributed by atoms with van der Waals surface area (Å²) in [6, 6.07) is 12.0. The van der Waals surface area contributed by atoms with Crippen LogP contribution in [0.3, 0.4) is 0 Å². The zero-order chi connectivity index (χ0) is 22.4. The monoisotopic (exact) mass is 443 g/mol. The smallest absolute Gasteiger partial charge is 0.261 e. The molecular formula is C21H21N3O6S. The first-order valence-electron chi connectivity index (χ1n) is 9.02. The standard InChI is InChI=1S/C21H21N3O6S/c1-28-18-11-14(12-19(29-2)20(18)30-3)21(25)23-15-6-8-17(9-7-15)31(26,27)24-16-5-4-10-22-13-16/h4-13,24H,1-3H3,(H,23,25). The maximum Gasteiger partial charge on any atom is 0.261 e. The number of amides is 1. The molecule has 0 atom stereocenters. The summed E-state index contributed by atoms with van der Waals surface area (Å²) in [4.78, 5) is 16.6. The SMILES string of the molecule is COc1cc(C(=O)Nc2ccc(S(=O)(=O)Nc3cccnc3)cc2)cc(OC)c1OC. The molecule has 0 aliphatic heterocycles. The second kappa shape index (κ2) is 9.35. The van der Waals surface area contributed by atoms with Gasteiger partial charge in [0, 0.05) is 17.4 Å². The van der Waals surface area contributed by atoms with Crippen LogP contribution < -0.4 is 24.2 Å². The van der Waals surface area contributed by atoms with Crippen molar-refractivity contribution in [2.24, 2.45) is 0 Å². The third-order valence-electron chi connectivity index (χ3n) is 4.26. The number of hydrogen-bond acceptors (Lipinski definition) is 7. The molecule has 31 heavy (non-hydrogen) atoms. The van der Waals surface area contributed by atoms with Crippen molar-refractivity contribution in [3.8, 4) is 17.2 Å². The van der Waals surface area contributed by atoms with Gasteiger partial charge in [0.15, 0.2) is 11.5 Å². The van der Waals surface area contributed by atoms with E-state index < -0.39 is 15.9 Å². The summed E-state index contributed by atoms with van der Waals surface area (Å²) in [6.45, 7) is 0. The summed E-state index contributed by atoms with van der Waals surface area (Å²) in [6.07, 6.45) is 2.95. The fraction of sp³-hybridized carbons (Fsp3) is 0.143. The van der Waals surface area contributed by atoms with Crippen LogP contribution in [-0.2, 0) is 10.0 Å². The topological polar surface area (TPSA) is 116 Å². The molecule has 162 valence electrons. The second-order valence-corrected chi connectivity index (χ2v) is 7.92. The van der Waals surface area contributed by atoms with E-state index in [1.165, 1.54) is 63.9 Å². The highest BCUT2D eigenvalue weighted by Crippen LogP contribution is 2.38. The van der Waals surface area contributed by atoms with Crippen LogP contribution in [0.4, 0.5) is 11.4 Å². The molecule has 0 radical (unpaired) electrons. The number of sulfonamides is 1. The Hall–Kier alpha value is -3.79. The Bertz CT molecular complexity index is 1140. The summed E-state index contributed by atoms with van der Waals surface area (Å²) in [5, 5.41) is 2.71. The van der Waals surface area contributed by atoms with Gasteiger partial charge in [-0.3, -0.25) is 14.5 Å². The molecule has 0 bridgehead atoms. The van der Waals surface area contributed by atoms with E-state index >= 15 is 0 Å². The Morgan fingerprint density at radius 2 is 1.55 bits per heavy atom. The van der Waals surface area contributed by atoms with Crippen LogP contribution in [0.15, 0.2) is 65.8 Å². The Morgan fingerprint density at radius 1 is 0.903 bits per heavy atom. The summed E-state index contributed by atoms with van der Waals surface area (Å²) in [7, 11) is 0.597. The maximum absolute atomic E-state index is 12.7. The lowest BCUT2D eigenvalue weighted by Crippen LogP contribution is -2.14. The van der Waals surface area contributed by atoms with E-state index in [0.717, 1.165) is 0 Å². The highest BCUT2D eigenvalue weighted by atomic mass is 32.2. The van der Waals surface area contributed by atoms with Gasteiger partial charge in [-0.05, 0) is 48.5 Å². The van der Waals surface area contributed by atoms with Gasteiger partial charge in [-0.15, -0.1) is 0 Å². The predicted molar refractivity (Wildman–Crippen MR) is 116 cm³/mol. The lowest BCUT2D eigenvalue weighted by Gasteiger charge is -2.14. The molecule has 1 heterocycles. The number of rotatable bonds is 8. The summed E-state index contributed by atoms with van der Waals surface area (Å²) in [5.41, 5.74) is 1.05. The molecule has 2 N–H and O–H groups in total. The number of anilines is 2. The molecule has 9 nitrogen and oxygen atoms in total. The maximum atomic E-state index is 12.7. The Kier molecular flexibility index (Phi) is 6.61. The van der Waals surface area contributed by atoms with Crippen molar-refractivity contribution in [3.05, 3.63) is 66.5 Å². The van der Waals surface area contributed by atoms with Crippen molar-refractivity contribution in [1.82, 2.24) is 4.98 Å². The third-order valence-corrected chi connectivity index (χ3v) is 5.66. The van der Waals surface area contributed by atoms with Crippen LogP contribution >= 0.6 is 0 Å². The highest BCUT2D eigenvalue weighted by molar-refractivity contribution is 7.92. The molecule has 10 heteroatoms. The van der Waals surface area contributed by atoms with Gasteiger partial charge in [-0.2, -0.15) is 0 Å². The van der Waals surface area contributed by atoms with Gasteiger partial charge in [-0.25, -0.2) is 8.42 Å². The summed E-state index contributed by atoms with van der Waals surface area (Å²) < 4.78 is 43.2. The molecular weight excluding hydrogens is 422 g/mol. The zero-order valence-corrected chi connectivity index (χ0v) is 17.9. The van der Waals surface area contributed by atoms with Crippen LogP contribution in [0.1, 0.15) is 10.4 Å². The lowest BCUT2D eigenvalue weighted by atomic mass is 10.1. The molecule has 3 aromatic rings. The fourth-order valence-corrected chi connectivity index (χ4v) is 3.81. The minimum atomic E-state index is -3.79. The number of carbonyl (C=O) groups excluding carboxylic acids is 1. The van der Waals surface area contributed by atoms with Crippen molar-refractivity contribution in [3.63, 3.8) is 0 Å². The van der Waals surface area contributed by atoms with E-state index in [0.29, 0.717) is 28.6 Å². The van der Waals surface area contributed by atoms with E-state index in [2.05, 4.69) is 15.0 Å². The Labute approximate surface area is 180 Å². The van der Waals surface area contributed by atoms with Gasteiger partial charge in [0.2, 0.25) is 5.75 Å². The average molecular weight is 443 g/mol. The number of benzene rings is 2. The molecule has 3 rings (SSSR count). The molecule has 1 aromatic heterocycles. The van der Waals surface area contributed by atoms with Gasteiger partial charge in [0.1, 0.15) is 0 Å². The van der Waals surface area contributed by atoms with E-state index in [9.17, 15) is 13.2 Å². The molecule has 0 saturated carbocycles. The zero-order valence-electron chi connectivity index (χ0n) is 17.1. The number of carbonyl (C=O) groups is 1. The van der Waals surface area contributed by atoms with E-state index in [4.69, 9.17) is 14.2 Å². The molecule has 0 aliphatic rings. The van der Waals surface area contributed by atoms with Gasteiger partial charge in [0.25, 0.3) is 15.9 Å². The Balaban J connectivity index is 1.77. The van der Waals surface area contributed by atoms with Crippen LogP contribution in [-0.4, -0.2) is 40.6 Å². The number of methoxy groups -OCH3 is 3. The van der Waals surface area contributed by atoms with Crippen molar-refractivity contribution in [1.29, 1.82) is 0 Å². The normalized spacial score (nSPS) is 10.8. The lowest BCUT2D eigenvalue weighted by molar-refractivity contribution is 0.102. The van der Waals surface area contributed by atoms with Crippen LogP contribution in [0.5, 0.6) is 17.2 Å². The molecule has 2 aromatic carbocycles. The molecule has 0 spiro atoms. The number of nitrogens with zero attached hydrogens (tertiary/aromatic N) is 1. The van der Waals surface area contributed by atoms with Crippen LogP contribution in [0, 0.1) is 0 Å². The molecule has 0 saturated heterocycles. The quantitative estimate of drug-likeness (QED) is 0.549. The number of pyridine rings is 1. The second-order valence-electron chi connectivity index (χ2n) is 6.24. The van der Waals surface area contributed by atoms with Crippen molar-refractivity contribution >= 4 is 27.3 Å². The van der Waals surface area contributed by atoms with Gasteiger partial charge in [-0.1, -0.05) is 0 Å². The minimum Gasteiger partial charge on any atom is -0.493 e. The summed E-state index contributed by atoms with van der Waals surface area (Å²) in [5.74, 6) is 0.630. The minimum absolute atomic E-state index is 0.0436. The number of nitrogens with one attached hydrogen (secondary N) is 2. The number of ether oxygens (including phenoxy) is 3. The first-order valence-corrected chi connectivity index (χ1v) is 10.5. The van der Waals surface area contributed by atoms with Gasteiger partial charge < -0.3 is 19.5 Å². The van der Waals surface area contributed by atoms with E-state index in [-0.39, 0.29) is 10.5 Å². The first kappa shape index (κ1) is 21.9. The van der Waals surface area contributed by atoms with Crippen LogP contribution in [0.2, 0.25) is 0 Å². The van der Waals surface area contributed by atoms with Crippen molar-refractivity contribution < 1.29 is 27.4 Å². The van der Waals surface area contributed by atoms with Gasteiger partial charge in [0.05, 0.1) is 38.1 Å². The van der Waals surface area contributed by atoms with Crippen molar-refractivity contribution in [2.45, 2.75) is 4.90 Å². The molecule has 0 aliphatic carbocycles. The summed E-state index contributed by atoms with van der Waals surface area (Å²) >= 11 is 0. The average Bonchev–Trinajstić information content (AvgIpc) is 2.78. The number of hydrogen-bond donors (Lipinski definition) is 2. The van der Waals surface area contributed by atoms with E-state index in [1.807, 2.05) is 0 Å².